The van der Waals surface area contributed by atoms with Gasteiger partial charge in [-0.05, 0) is 35.7 Å². The molecule has 2 aromatic heterocycles. The molecule has 1 aliphatic heterocycles. The van der Waals surface area contributed by atoms with Gasteiger partial charge < -0.3 is 9.47 Å². The fraction of sp³-hybridized carbons (Fsp3) is 0.190. The number of nitrogens with zero attached hydrogens (tertiary/aromatic N) is 4. The van der Waals surface area contributed by atoms with Crippen LogP contribution in [0.2, 0.25) is 0 Å². The van der Waals surface area contributed by atoms with Gasteiger partial charge in [-0.3, -0.25) is 0 Å². The maximum atomic E-state index is 12.9. The summed E-state index contributed by atoms with van der Waals surface area (Å²) in [6.07, 6.45) is 4.21. The summed E-state index contributed by atoms with van der Waals surface area (Å²) in [6.45, 7) is 2.68. The molecule has 0 saturated heterocycles. The number of hydrogen-bond acceptors (Lipinski definition) is 6. The molecule has 0 aliphatic carbocycles. The minimum atomic E-state index is -0.203. The molecule has 0 saturated carbocycles. The van der Waals surface area contributed by atoms with Gasteiger partial charge in [-0.2, -0.15) is 0 Å². The lowest BCUT2D eigenvalue weighted by Crippen LogP contribution is -2.21. The Morgan fingerprint density at radius 3 is 2.90 bits per heavy atom. The van der Waals surface area contributed by atoms with Crippen molar-refractivity contribution in [1.82, 2.24) is 19.2 Å². The molecule has 29 heavy (non-hydrogen) atoms. The van der Waals surface area contributed by atoms with Gasteiger partial charge in [0.1, 0.15) is 5.03 Å². The number of aromatic nitrogens is 4. The second-order valence-corrected chi connectivity index (χ2v) is 7.65. The Morgan fingerprint density at radius 1 is 1.14 bits per heavy atom. The first-order valence-electron chi connectivity index (χ1n) is 9.31. The van der Waals surface area contributed by atoms with Gasteiger partial charge >= 0.3 is 5.69 Å². The van der Waals surface area contributed by atoms with Crippen LogP contribution in [-0.4, -0.2) is 26.0 Å². The highest BCUT2D eigenvalue weighted by molar-refractivity contribution is 7.99. The predicted molar refractivity (Wildman–Crippen MR) is 109 cm³/mol. The van der Waals surface area contributed by atoms with Crippen molar-refractivity contribution < 1.29 is 9.47 Å². The Balaban J connectivity index is 1.51. The molecule has 0 bridgehead atoms. The van der Waals surface area contributed by atoms with E-state index in [1.165, 1.54) is 26.4 Å². The quantitative estimate of drug-likeness (QED) is 0.506. The molecular weight excluding hydrogens is 388 g/mol. The zero-order valence-electron chi connectivity index (χ0n) is 15.7. The van der Waals surface area contributed by atoms with Crippen LogP contribution in [0.3, 0.4) is 0 Å². The third-order valence-corrected chi connectivity index (χ3v) is 5.90. The summed E-state index contributed by atoms with van der Waals surface area (Å²) >= 11 is 1.53. The second kappa shape index (κ2) is 7.29. The summed E-state index contributed by atoms with van der Waals surface area (Å²) in [4.78, 5) is 18.5. The van der Waals surface area contributed by atoms with Crippen LogP contribution >= 0.6 is 11.8 Å². The molecule has 5 rings (SSSR count). The van der Waals surface area contributed by atoms with Gasteiger partial charge in [-0.1, -0.05) is 43.0 Å². The van der Waals surface area contributed by atoms with E-state index in [1.54, 1.807) is 12.4 Å². The maximum absolute atomic E-state index is 12.9. The van der Waals surface area contributed by atoms with E-state index >= 15 is 0 Å². The fourth-order valence-corrected chi connectivity index (χ4v) is 4.36. The number of ether oxygens (including phenoxy) is 2. The van der Waals surface area contributed by atoms with Crippen LogP contribution in [0.25, 0.3) is 5.65 Å². The number of rotatable bonds is 5. The van der Waals surface area contributed by atoms with Crippen LogP contribution < -0.4 is 15.2 Å². The van der Waals surface area contributed by atoms with E-state index < -0.39 is 0 Å². The van der Waals surface area contributed by atoms with Crippen LogP contribution in [0.15, 0.2) is 69.6 Å². The van der Waals surface area contributed by atoms with Crippen molar-refractivity contribution in [3.05, 3.63) is 76.5 Å². The SMILES string of the molecule is CCc1ccccc1Sc1nccn2c(=O)n(Cc3ccc4c(c3)OCO4)nc12. The first-order chi connectivity index (χ1) is 14.2. The number of aryl methyl sites for hydroxylation is 1. The van der Waals surface area contributed by atoms with Gasteiger partial charge in [0.2, 0.25) is 6.79 Å². The van der Waals surface area contributed by atoms with Crippen molar-refractivity contribution in [3.8, 4) is 11.5 Å². The van der Waals surface area contributed by atoms with Crippen LogP contribution in [0.4, 0.5) is 0 Å². The standard InChI is InChI=1S/C21H18N4O3S/c1-2-15-5-3-4-6-18(15)29-20-19-23-25(21(26)24(19)10-9-22-20)12-14-7-8-16-17(11-14)28-13-27-16/h3-11H,2,12-13H2,1H3. The van der Waals surface area contributed by atoms with Gasteiger partial charge in [0, 0.05) is 17.3 Å². The molecule has 0 fully saturated rings. The molecule has 0 amide bonds. The predicted octanol–water partition coefficient (Wildman–Crippen LogP) is 3.38. The van der Waals surface area contributed by atoms with E-state index in [4.69, 9.17) is 9.47 Å². The lowest BCUT2D eigenvalue weighted by molar-refractivity contribution is 0.174. The minimum absolute atomic E-state index is 0.203. The summed E-state index contributed by atoms with van der Waals surface area (Å²) in [5.74, 6) is 1.40. The van der Waals surface area contributed by atoms with Crippen molar-refractivity contribution >= 4 is 17.4 Å². The molecule has 0 unspecified atom stereocenters. The van der Waals surface area contributed by atoms with Crippen LogP contribution in [0.5, 0.6) is 11.5 Å². The zero-order chi connectivity index (χ0) is 19.8. The number of benzene rings is 2. The number of fused-ring (bicyclic) bond motifs is 2. The molecular formula is C21H18N4O3S. The first-order valence-corrected chi connectivity index (χ1v) is 10.1. The normalized spacial score (nSPS) is 12.6. The molecule has 4 aromatic rings. The van der Waals surface area contributed by atoms with E-state index in [1.807, 2.05) is 30.3 Å². The van der Waals surface area contributed by atoms with Crippen LogP contribution in [0, 0.1) is 0 Å². The lowest BCUT2D eigenvalue weighted by Gasteiger charge is -2.06. The van der Waals surface area contributed by atoms with Gasteiger partial charge in [0.25, 0.3) is 0 Å². The molecule has 0 N–H and O–H groups in total. The van der Waals surface area contributed by atoms with Gasteiger partial charge in [-0.25, -0.2) is 18.9 Å². The monoisotopic (exact) mass is 406 g/mol. The fourth-order valence-electron chi connectivity index (χ4n) is 3.31. The number of hydrogen-bond donors (Lipinski definition) is 0. The average Bonchev–Trinajstić information content (AvgIpc) is 3.34. The summed E-state index contributed by atoms with van der Waals surface area (Å²) in [5, 5.41) is 5.27. The topological polar surface area (TPSA) is 70.7 Å². The molecule has 0 radical (unpaired) electrons. The molecule has 0 spiro atoms. The highest BCUT2D eigenvalue weighted by Gasteiger charge is 2.16. The lowest BCUT2D eigenvalue weighted by atomic mass is 10.2. The van der Waals surface area contributed by atoms with E-state index in [-0.39, 0.29) is 12.5 Å². The van der Waals surface area contributed by atoms with Crippen molar-refractivity contribution in [2.45, 2.75) is 29.8 Å². The summed E-state index contributed by atoms with van der Waals surface area (Å²) < 4.78 is 13.8. The molecule has 7 nitrogen and oxygen atoms in total. The highest BCUT2D eigenvalue weighted by Crippen LogP contribution is 2.33. The van der Waals surface area contributed by atoms with Gasteiger partial charge in [0.05, 0.1) is 6.54 Å². The van der Waals surface area contributed by atoms with Crippen LogP contribution in [-0.2, 0) is 13.0 Å². The molecule has 2 aromatic carbocycles. The first kappa shape index (κ1) is 17.8. The average molecular weight is 406 g/mol. The summed E-state index contributed by atoms with van der Waals surface area (Å²) in [5.41, 5.74) is 2.50. The largest absolute Gasteiger partial charge is 0.454 e. The van der Waals surface area contributed by atoms with Gasteiger partial charge in [-0.15, -0.1) is 5.10 Å². The highest BCUT2D eigenvalue weighted by atomic mass is 32.2. The molecule has 0 atom stereocenters. The molecule has 1 aliphatic rings. The van der Waals surface area contributed by atoms with Crippen molar-refractivity contribution in [3.63, 3.8) is 0 Å². The maximum Gasteiger partial charge on any atom is 0.350 e. The second-order valence-electron chi connectivity index (χ2n) is 6.62. The third kappa shape index (κ3) is 3.25. The Labute approximate surface area is 170 Å². The Kier molecular flexibility index (Phi) is 4.48. The van der Waals surface area contributed by atoms with E-state index in [9.17, 15) is 4.79 Å². The van der Waals surface area contributed by atoms with Crippen molar-refractivity contribution in [2.24, 2.45) is 0 Å². The van der Waals surface area contributed by atoms with Crippen LogP contribution in [0.1, 0.15) is 18.1 Å². The summed E-state index contributed by atoms with van der Waals surface area (Å²) in [7, 11) is 0. The van der Waals surface area contributed by atoms with Crippen molar-refractivity contribution in [1.29, 1.82) is 0 Å². The zero-order valence-corrected chi connectivity index (χ0v) is 16.6. The molecule has 146 valence electrons. The Morgan fingerprint density at radius 2 is 2.00 bits per heavy atom. The van der Waals surface area contributed by atoms with Crippen molar-refractivity contribution in [2.75, 3.05) is 6.79 Å². The Bertz CT molecular complexity index is 1260. The molecule has 3 heterocycles. The van der Waals surface area contributed by atoms with Gasteiger partial charge in [0.15, 0.2) is 17.1 Å². The minimum Gasteiger partial charge on any atom is -0.454 e. The summed E-state index contributed by atoms with van der Waals surface area (Å²) in [6, 6.07) is 13.8. The van der Waals surface area contributed by atoms with E-state index in [2.05, 4.69) is 29.1 Å². The third-order valence-electron chi connectivity index (χ3n) is 4.80. The smallest absolute Gasteiger partial charge is 0.350 e. The molecule has 8 heteroatoms. The van der Waals surface area contributed by atoms with E-state index in [0.29, 0.717) is 28.7 Å². The Hall–Kier alpha value is -3.26. The van der Waals surface area contributed by atoms with E-state index in [0.717, 1.165) is 16.9 Å².